The van der Waals surface area contributed by atoms with Gasteiger partial charge in [-0.05, 0) is 18.2 Å². The monoisotopic (exact) mass is 282 g/mol. The van der Waals surface area contributed by atoms with Gasteiger partial charge in [-0.1, -0.05) is 29.3 Å². The van der Waals surface area contributed by atoms with E-state index in [1.165, 1.54) is 12.3 Å². The molecule has 0 saturated carbocycles. The van der Waals surface area contributed by atoms with E-state index in [1.54, 1.807) is 18.2 Å². The number of hydrogen-bond donors (Lipinski definition) is 2. The van der Waals surface area contributed by atoms with Crippen LogP contribution in [0.4, 0.5) is 11.6 Å². The molecule has 2 aromatic rings. The highest BCUT2D eigenvalue weighted by molar-refractivity contribution is 6.36. The lowest BCUT2D eigenvalue weighted by molar-refractivity contribution is 0.102. The summed E-state index contributed by atoms with van der Waals surface area (Å²) in [5.41, 5.74) is 6.19. The number of carbonyl (C=O) groups excluding carboxylic acids is 1. The average Bonchev–Trinajstić information content (AvgIpc) is 2.32. The number of carbonyl (C=O) groups is 1. The van der Waals surface area contributed by atoms with E-state index in [4.69, 9.17) is 28.9 Å². The molecule has 0 saturated heterocycles. The number of hydrogen-bond acceptors (Lipinski definition) is 4. The number of anilines is 2. The summed E-state index contributed by atoms with van der Waals surface area (Å²) in [6, 6.07) is 6.30. The normalized spacial score (nSPS) is 10.1. The van der Waals surface area contributed by atoms with Gasteiger partial charge in [0.15, 0.2) is 0 Å². The second-order valence-corrected chi connectivity index (χ2v) is 4.13. The number of nitrogens with one attached hydrogen (secondary N) is 1. The standard InChI is InChI=1S/C11H8Cl2N4O/c12-8-4-5-15-11(16-8)17-10(18)6-2-1-3-7(14)9(6)13/h1-5H,14H2,(H,15,16,17,18). The Balaban J connectivity index is 2.25. The van der Waals surface area contributed by atoms with E-state index >= 15 is 0 Å². The lowest BCUT2D eigenvalue weighted by Crippen LogP contribution is -2.15. The maximum Gasteiger partial charge on any atom is 0.259 e. The lowest BCUT2D eigenvalue weighted by Gasteiger charge is -2.06. The fraction of sp³-hybridized carbons (Fsp3) is 0. The van der Waals surface area contributed by atoms with Gasteiger partial charge >= 0.3 is 0 Å². The van der Waals surface area contributed by atoms with E-state index < -0.39 is 5.91 Å². The first kappa shape index (κ1) is 12.6. The Bertz CT molecular complexity index is 603. The van der Waals surface area contributed by atoms with Gasteiger partial charge in [0.25, 0.3) is 5.91 Å². The maximum absolute atomic E-state index is 11.9. The number of rotatable bonds is 2. The van der Waals surface area contributed by atoms with Crippen molar-refractivity contribution in [2.24, 2.45) is 0 Å². The SMILES string of the molecule is Nc1cccc(C(=O)Nc2nccc(Cl)n2)c1Cl. The zero-order valence-corrected chi connectivity index (χ0v) is 10.5. The third-order valence-electron chi connectivity index (χ3n) is 2.12. The van der Waals surface area contributed by atoms with Crippen molar-refractivity contribution in [3.8, 4) is 0 Å². The highest BCUT2D eigenvalue weighted by Crippen LogP contribution is 2.23. The Morgan fingerprint density at radius 1 is 1.28 bits per heavy atom. The summed E-state index contributed by atoms with van der Waals surface area (Å²) >= 11 is 11.6. The van der Waals surface area contributed by atoms with Crippen molar-refractivity contribution >= 4 is 40.7 Å². The lowest BCUT2D eigenvalue weighted by atomic mass is 10.2. The molecule has 7 heteroatoms. The van der Waals surface area contributed by atoms with Crippen LogP contribution in [0.15, 0.2) is 30.5 Å². The summed E-state index contributed by atoms with van der Waals surface area (Å²) in [6.45, 7) is 0. The van der Waals surface area contributed by atoms with Crippen LogP contribution in [0.2, 0.25) is 10.2 Å². The number of amides is 1. The molecule has 0 unspecified atom stereocenters. The van der Waals surface area contributed by atoms with Crippen LogP contribution in [0.3, 0.4) is 0 Å². The van der Waals surface area contributed by atoms with Gasteiger partial charge < -0.3 is 5.73 Å². The molecule has 1 heterocycles. The molecular weight excluding hydrogens is 275 g/mol. The number of benzene rings is 1. The van der Waals surface area contributed by atoms with E-state index in [9.17, 15) is 4.79 Å². The molecule has 3 N–H and O–H groups in total. The van der Waals surface area contributed by atoms with Gasteiger partial charge in [-0.3, -0.25) is 10.1 Å². The summed E-state index contributed by atoms with van der Waals surface area (Å²) in [6.07, 6.45) is 1.44. The molecule has 0 atom stereocenters. The van der Waals surface area contributed by atoms with Crippen molar-refractivity contribution < 1.29 is 4.79 Å². The highest BCUT2D eigenvalue weighted by atomic mass is 35.5. The molecule has 0 aliphatic rings. The molecule has 18 heavy (non-hydrogen) atoms. The number of nitrogens with two attached hydrogens (primary N) is 1. The largest absolute Gasteiger partial charge is 0.398 e. The third kappa shape index (κ3) is 2.69. The van der Waals surface area contributed by atoms with Gasteiger partial charge in [-0.15, -0.1) is 0 Å². The number of nitrogens with zero attached hydrogens (tertiary/aromatic N) is 2. The van der Waals surface area contributed by atoms with Crippen LogP contribution >= 0.6 is 23.2 Å². The molecule has 5 nitrogen and oxygen atoms in total. The molecule has 0 bridgehead atoms. The molecule has 1 aromatic heterocycles. The molecule has 0 spiro atoms. The predicted octanol–water partition coefficient (Wildman–Crippen LogP) is 2.62. The topological polar surface area (TPSA) is 80.9 Å². The number of nitrogen functional groups attached to an aromatic ring is 1. The van der Waals surface area contributed by atoms with Crippen LogP contribution in [0.1, 0.15) is 10.4 Å². The molecule has 1 amide bonds. The van der Waals surface area contributed by atoms with Gasteiger partial charge in [0.1, 0.15) is 5.15 Å². The fourth-order valence-electron chi connectivity index (χ4n) is 1.29. The first-order valence-electron chi connectivity index (χ1n) is 4.92. The summed E-state index contributed by atoms with van der Waals surface area (Å²) in [5.74, 6) is -0.347. The summed E-state index contributed by atoms with van der Waals surface area (Å²) in [7, 11) is 0. The Hall–Kier alpha value is -1.85. The minimum absolute atomic E-state index is 0.103. The molecule has 1 aromatic carbocycles. The van der Waals surface area contributed by atoms with Gasteiger partial charge in [0.2, 0.25) is 5.95 Å². The van der Waals surface area contributed by atoms with E-state index in [0.717, 1.165) is 0 Å². The second-order valence-electron chi connectivity index (χ2n) is 3.37. The maximum atomic E-state index is 11.9. The zero-order valence-electron chi connectivity index (χ0n) is 9.02. The van der Waals surface area contributed by atoms with Crippen molar-refractivity contribution in [3.63, 3.8) is 0 Å². The Morgan fingerprint density at radius 2 is 2.06 bits per heavy atom. The van der Waals surface area contributed by atoms with Crippen molar-refractivity contribution in [1.82, 2.24) is 9.97 Å². The van der Waals surface area contributed by atoms with Crippen molar-refractivity contribution in [2.75, 3.05) is 11.1 Å². The predicted molar refractivity (Wildman–Crippen MR) is 70.9 cm³/mol. The zero-order chi connectivity index (χ0) is 13.1. The van der Waals surface area contributed by atoms with E-state index in [-0.39, 0.29) is 21.7 Å². The summed E-state index contributed by atoms with van der Waals surface area (Å²) < 4.78 is 0. The van der Waals surface area contributed by atoms with E-state index in [2.05, 4.69) is 15.3 Å². The van der Waals surface area contributed by atoms with Gasteiger partial charge in [0.05, 0.1) is 16.3 Å². The van der Waals surface area contributed by atoms with Gasteiger partial charge in [-0.25, -0.2) is 9.97 Å². The Labute approximate surface area is 113 Å². The molecule has 0 radical (unpaired) electrons. The van der Waals surface area contributed by atoms with Crippen molar-refractivity contribution in [3.05, 3.63) is 46.2 Å². The van der Waals surface area contributed by atoms with Crippen molar-refractivity contribution in [2.45, 2.75) is 0 Å². The number of aromatic nitrogens is 2. The Kier molecular flexibility index (Phi) is 3.64. The summed E-state index contributed by atoms with van der Waals surface area (Å²) in [5, 5.41) is 2.91. The fourth-order valence-corrected chi connectivity index (χ4v) is 1.64. The second kappa shape index (κ2) is 5.20. The average molecular weight is 283 g/mol. The molecule has 2 rings (SSSR count). The van der Waals surface area contributed by atoms with E-state index in [1.807, 2.05) is 0 Å². The minimum Gasteiger partial charge on any atom is -0.398 e. The van der Waals surface area contributed by atoms with Crippen LogP contribution in [0, 0.1) is 0 Å². The van der Waals surface area contributed by atoms with Gasteiger partial charge in [-0.2, -0.15) is 0 Å². The number of halogens is 2. The molecule has 0 aliphatic carbocycles. The highest BCUT2D eigenvalue weighted by Gasteiger charge is 2.13. The van der Waals surface area contributed by atoms with Crippen LogP contribution in [-0.2, 0) is 0 Å². The first-order valence-corrected chi connectivity index (χ1v) is 5.67. The minimum atomic E-state index is -0.449. The van der Waals surface area contributed by atoms with Crippen LogP contribution in [-0.4, -0.2) is 15.9 Å². The first-order chi connectivity index (χ1) is 8.58. The van der Waals surface area contributed by atoms with E-state index in [0.29, 0.717) is 5.69 Å². The van der Waals surface area contributed by atoms with Crippen LogP contribution < -0.4 is 11.1 Å². The van der Waals surface area contributed by atoms with Gasteiger partial charge in [0, 0.05) is 6.20 Å². The Morgan fingerprint density at radius 3 is 2.78 bits per heavy atom. The quantitative estimate of drug-likeness (QED) is 0.655. The molecule has 0 fully saturated rings. The smallest absolute Gasteiger partial charge is 0.259 e. The summed E-state index contributed by atoms with van der Waals surface area (Å²) in [4.78, 5) is 19.6. The third-order valence-corrected chi connectivity index (χ3v) is 2.75. The van der Waals surface area contributed by atoms with Crippen LogP contribution in [0.25, 0.3) is 0 Å². The van der Waals surface area contributed by atoms with Crippen molar-refractivity contribution in [1.29, 1.82) is 0 Å². The molecule has 0 aliphatic heterocycles. The van der Waals surface area contributed by atoms with Crippen LogP contribution in [0.5, 0.6) is 0 Å². The molecule has 92 valence electrons. The molecular formula is C11H8Cl2N4O.